The van der Waals surface area contributed by atoms with Gasteiger partial charge in [-0.15, -0.1) is 0 Å². The maximum absolute atomic E-state index is 12.5. The Morgan fingerprint density at radius 3 is 2.67 bits per heavy atom. The van der Waals surface area contributed by atoms with Gasteiger partial charge in [-0.3, -0.25) is 9.89 Å². The molecular formula is C10H12F3N3O2. The number of likely N-dealkylation sites (tertiary alicyclic amines) is 1. The third kappa shape index (κ3) is 2.14. The predicted molar refractivity (Wildman–Crippen MR) is 55.1 cm³/mol. The van der Waals surface area contributed by atoms with Gasteiger partial charge < -0.3 is 10.0 Å². The van der Waals surface area contributed by atoms with E-state index in [9.17, 15) is 23.1 Å². The summed E-state index contributed by atoms with van der Waals surface area (Å²) >= 11 is 0. The number of rotatable bonds is 1. The summed E-state index contributed by atoms with van der Waals surface area (Å²) < 4.78 is 37.4. The quantitative estimate of drug-likeness (QED) is 0.805. The first kappa shape index (κ1) is 12.7. The van der Waals surface area contributed by atoms with Crippen molar-refractivity contribution in [2.75, 3.05) is 13.1 Å². The Kier molecular flexibility index (Phi) is 2.95. The number of hydrogen-bond acceptors (Lipinski definition) is 3. The van der Waals surface area contributed by atoms with Crippen molar-refractivity contribution >= 4 is 5.91 Å². The van der Waals surface area contributed by atoms with Crippen molar-refractivity contribution in [2.24, 2.45) is 5.92 Å². The lowest BCUT2D eigenvalue weighted by Gasteiger charge is -2.17. The summed E-state index contributed by atoms with van der Waals surface area (Å²) in [6.45, 7) is 1.14. The van der Waals surface area contributed by atoms with Crippen LogP contribution in [0.5, 0.6) is 5.75 Å². The van der Waals surface area contributed by atoms with E-state index in [2.05, 4.69) is 10.2 Å². The van der Waals surface area contributed by atoms with Gasteiger partial charge >= 0.3 is 6.18 Å². The first-order valence-electron chi connectivity index (χ1n) is 5.40. The van der Waals surface area contributed by atoms with E-state index >= 15 is 0 Å². The summed E-state index contributed by atoms with van der Waals surface area (Å²) in [5.74, 6) is -2.46. The molecule has 100 valence electrons. The molecule has 0 spiro atoms. The molecule has 1 unspecified atom stereocenters. The monoisotopic (exact) mass is 263 g/mol. The molecular weight excluding hydrogens is 251 g/mol. The van der Waals surface area contributed by atoms with Crippen LogP contribution in [-0.4, -0.2) is 45.4 Å². The molecule has 8 heteroatoms. The molecule has 0 bridgehead atoms. The fraction of sp³-hybridized carbons (Fsp3) is 0.600. The highest BCUT2D eigenvalue weighted by Gasteiger charge is 2.45. The molecule has 5 nitrogen and oxygen atoms in total. The number of aromatic hydroxyl groups is 1. The van der Waals surface area contributed by atoms with Crippen molar-refractivity contribution in [1.29, 1.82) is 0 Å². The van der Waals surface area contributed by atoms with E-state index in [-0.39, 0.29) is 36.6 Å². The van der Waals surface area contributed by atoms with Gasteiger partial charge in [0.2, 0.25) is 0 Å². The molecule has 0 aromatic carbocycles. The molecule has 1 amide bonds. The number of hydrogen-bond donors (Lipinski definition) is 2. The lowest BCUT2D eigenvalue weighted by Crippen LogP contribution is -2.32. The van der Waals surface area contributed by atoms with E-state index in [0.29, 0.717) is 0 Å². The van der Waals surface area contributed by atoms with E-state index < -0.39 is 18.0 Å². The van der Waals surface area contributed by atoms with Crippen LogP contribution in [0.4, 0.5) is 13.2 Å². The minimum absolute atomic E-state index is 0.0283. The van der Waals surface area contributed by atoms with Gasteiger partial charge in [-0.2, -0.15) is 18.3 Å². The largest absolute Gasteiger partial charge is 0.504 e. The van der Waals surface area contributed by atoms with E-state index in [1.54, 1.807) is 0 Å². The summed E-state index contributed by atoms with van der Waals surface area (Å²) in [4.78, 5) is 13.0. The van der Waals surface area contributed by atoms with E-state index in [1.165, 1.54) is 6.92 Å². The molecule has 2 rings (SSSR count). The average Bonchev–Trinajstić information content (AvgIpc) is 2.86. The van der Waals surface area contributed by atoms with Crippen LogP contribution in [0.1, 0.15) is 22.6 Å². The number of nitrogens with one attached hydrogen (secondary N) is 1. The maximum atomic E-state index is 12.5. The fourth-order valence-corrected chi connectivity index (χ4v) is 1.95. The molecule has 1 aromatic heterocycles. The van der Waals surface area contributed by atoms with Crippen molar-refractivity contribution in [2.45, 2.75) is 19.5 Å². The highest BCUT2D eigenvalue weighted by molar-refractivity contribution is 5.95. The molecule has 0 radical (unpaired) electrons. The number of aromatic nitrogens is 2. The molecule has 0 aliphatic carbocycles. The van der Waals surface area contributed by atoms with Crippen LogP contribution in [0.3, 0.4) is 0 Å². The zero-order chi connectivity index (χ0) is 13.5. The second kappa shape index (κ2) is 4.18. The van der Waals surface area contributed by atoms with Gasteiger partial charge in [-0.1, -0.05) is 0 Å². The number of aromatic amines is 1. The molecule has 18 heavy (non-hydrogen) atoms. The Balaban J connectivity index is 2.11. The second-order valence-corrected chi connectivity index (χ2v) is 4.31. The van der Waals surface area contributed by atoms with Gasteiger partial charge in [0.15, 0.2) is 11.4 Å². The zero-order valence-corrected chi connectivity index (χ0v) is 9.58. The Bertz CT molecular complexity index is 469. The molecule has 1 aromatic rings. The molecule has 1 aliphatic heterocycles. The topological polar surface area (TPSA) is 69.2 Å². The van der Waals surface area contributed by atoms with Gasteiger partial charge in [-0.25, -0.2) is 0 Å². The molecule has 0 saturated carbocycles. The smallest absolute Gasteiger partial charge is 0.393 e. The predicted octanol–water partition coefficient (Wildman–Crippen LogP) is 1.45. The third-order valence-corrected chi connectivity index (χ3v) is 3.07. The standard InChI is InChI=1S/C10H12F3N3O2/c1-5-8(17)7(15-14-5)9(18)16-3-2-6(4-16)10(11,12)13/h6,17H,2-4H2,1H3,(H,14,15). The van der Waals surface area contributed by atoms with Crippen molar-refractivity contribution in [1.82, 2.24) is 15.1 Å². The number of halogens is 3. The molecule has 1 saturated heterocycles. The zero-order valence-electron chi connectivity index (χ0n) is 9.58. The number of aryl methyl sites for hydroxylation is 1. The van der Waals surface area contributed by atoms with Crippen molar-refractivity contribution in [3.05, 3.63) is 11.4 Å². The number of carbonyl (C=O) groups is 1. The molecule has 1 aliphatic rings. The maximum Gasteiger partial charge on any atom is 0.393 e. The van der Waals surface area contributed by atoms with E-state index in [4.69, 9.17) is 0 Å². The van der Waals surface area contributed by atoms with Crippen LogP contribution in [0.15, 0.2) is 0 Å². The Labute approximate surface area is 101 Å². The highest BCUT2D eigenvalue weighted by Crippen LogP contribution is 2.34. The molecule has 2 heterocycles. The van der Waals surface area contributed by atoms with Gasteiger partial charge in [0, 0.05) is 13.1 Å². The molecule has 1 fully saturated rings. The first-order valence-corrected chi connectivity index (χ1v) is 5.40. The van der Waals surface area contributed by atoms with Crippen LogP contribution in [0, 0.1) is 12.8 Å². The number of nitrogens with zero attached hydrogens (tertiary/aromatic N) is 2. The van der Waals surface area contributed by atoms with Crippen LogP contribution < -0.4 is 0 Å². The summed E-state index contributed by atoms with van der Waals surface area (Å²) in [6.07, 6.45) is -4.40. The van der Waals surface area contributed by atoms with Gasteiger partial charge in [0.1, 0.15) is 5.69 Å². The van der Waals surface area contributed by atoms with Crippen molar-refractivity contribution < 1.29 is 23.1 Å². The Morgan fingerprint density at radius 2 is 2.22 bits per heavy atom. The minimum Gasteiger partial charge on any atom is -0.504 e. The highest BCUT2D eigenvalue weighted by atomic mass is 19.4. The van der Waals surface area contributed by atoms with Gasteiger partial charge in [0.25, 0.3) is 5.91 Å². The van der Waals surface area contributed by atoms with Gasteiger partial charge in [-0.05, 0) is 13.3 Å². The normalized spacial score (nSPS) is 20.4. The minimum atomic E-state index is -4.29. The van der Waals surface area contributed by atoms with Crippen LogP contribution in [0.25, 0.3) is 0 Å². The van der Waals surface area contributed by atoms with E-state index in [1.807, 2.05) is 0 Å². The summed E-state index contributed by atoms with van der Waals surface area (Å²) in [6, 6.07) is 0. The van der Waals surface area contributed by atoms with Gasteiger partial charge in [0.05, 0.1) is 5.92 Å². The van der Waals surface area contributed by atoms with E-state index in [0.717, 1.165) is 4.90 Å². The number of H-pyrrole nitrogens is 1. The number of alkyl halides is 3. The third-order valence-electron chi connectivity index (χ3n) is 3.07. The lowest BCUT2D eigenvalue weighted by molar-refractivity contribution is -0.169. The molecule has 2 N–H and O–H groups in total. The van der Waals surface area contributed by atoms with Crippen molar-refractivity contribution in [3.8, 4) is 5.75 Å². The fourth-order valence-electron chi connectivity index (χ4n) is 1.95. The Morgan fingerprint density at radius 1 is 1.56 bits per heavy atom. The van der Waals surface area contributed by atoms with Crippen LogP contribution >= 0.6 is 0 Å². The lowest BCUT2D eigenvalue weighted by atomic mass is 10.1. The van der Waals surface area contributed by atoms with Crippen LogP contribution in [-0.2, 0) is 0 Å². The SMILES string of the molecule is Cc1n[nH]c(C(=O)N2CCC(C(F)(F)F)C2)c1O. The Hall–Kier alpha value is -1.73. The molecule has 1 atom stereocenters. The summed E-state index contributed by atoms with van der Waals surface area (Å²) in [7, 11) is 0. The van der Waals surface area contributed by atoms with Crippen molar-refractivity contribution in [3.63, 3.8) is 0 Å². The second-order valence-electron chi connectivity index (χ2n) is 4.31. The summed E-state index contributed by atoms with van der Waals surface area (Å²) in [5, 5.41) is 15.5. The average molecular weight is 263 g/mol. The number of carbonyl (C=O) groups excluding carboxylic acids is 1. The first-order chi connectivity index (χ1) is 8.30. The summed E-state index contributed by atoms with van der Waals surface area (Å²) in [5.41, 5.74) is 0.0836. The van der Waals surface area contributed by atoms with Crippen LogP contribution in [0.2, 0.25) is 0 Å². The number of amides is 1.